The molecule has 0 amide bonds. The Kier molecular flexibility index (Phi) is 9.63. The smallest absolute Gasteiger partial charge is 0.239 e. The number of aromatic hydroxyl groups is 3. The van der Waals surface area contributed by atoms with Gasteiger partial charge in [0.2, 0.25) is 17.5 Å². The van der Waals surface area contributed by atoms with E-state index in [2.05, 4.69) is 0 Å². The van der Waals surface area contributed by atoms with E-state index in [9.17, 15) is 45.6 Å². The average Bonchev–Trinajstić information content (AvgIpc) is 3.00. The molecule has 0 saturated carbocycles. The summed E-state index contributed by atoms with van der Waals surface area (Å²) < 4.78 is 29.4. The molecule has 0 unspecified atom stereocenters. The van der Waals surface area contributed by atoms with Crippen LogP contribution in [0, 0.1) is 0 Å². The normalized spacial score (nSPS) is 31.5. The number of rotatable bonds is 7. The highest BCUT2D eigenvalue weighted by atomic mass is 16.8. The van der Waals surface area contributed by atoms with Gasteiger partial charge >= 0.3 is 0 Å². The van der Waals surface area contributed by atoms with Crippen LogP contribution >= 0.6 is 0 Å². The van der Waals surface area contributed by atoms with Gasteiger partial charge in [0, 0.05) is 17.2 Å². The molecule has 2 aromatic carbocycles. The molecule has 10 atom stereocenters. The van der Waals surface area contributed by atoms with Crippen molar-refractivity contribution < 1.29 is 64.2 Å². The first-order valence-corrected chi connectivity index (χ1v) is 14.7. The van der Waals surface area contributed by atoms with Crippen LogP contribution in [0.2, 0.25) is 0 Å². The molecular weight excluding hydrogens is 608 g/mol. The molecule has 2 saturated heterocycles. The Hall–Kier alpha value is -3.73. The minimum Gasteiger partial charge on any atom is -0.508 e. The molecule has 14 heteroatoms. The number of hydrogen-bond acceptors (Lipinski definition) is 14. The second kappa shape index (κ2) is 13.2. The number of phenolic OH excluding ortho intramolecular Hbond substituents is 3. The first kappa shape index (κ1) is 33.6. The van der Waals surface area contributed by atoms with Crippen molar-refractivity contribution in [2.24, 2.45) is 0 Å². The van der Waals surface area contributed by atoms with Crippen molar-refractivity contribution in [2.45, 2.75) is 95.5 Å². The van der Waals surface area contributed by atoms with Gasteiger partial charge in [-0.2, -0.15) is 0 Å². The Morgan fingerprint density at radius 1 is 0.826 bits per heavy atom. The third kappa shape index (κ3) is 6.30. The number of hydrogen-bond donors (Lipinski definition) is 8. The predicted octanol–water partition coefficient (Wildman–Crippen LogP) is 1.14. The summed E-state index contributed by atoms with van der Waals surface area (Å²) in [5.74, 6) is -1.73. The number of allylic oxidation sites excluding steroid dienone is 2. The van der Waals surface area contributed by atoms with Gasteiger partial charge in [0.25, 0.3) is 0 Å². The lowest BCUT2D eigenvalue weighted by atomic mass is 9.98. The lowest BCUT2D eigenvalue weighted by Gasteiger charge is -2.45. The molecule has 0 aliphatic carbocycles. The summed E-state index contributed by atoms with van der Waals surface area (Å²) in [4.78, 5) is 14.2. The predicted molar refractivity (Wildman–Crippen MR) is 160 cm³/mol. The van der Waals surface area contributed by atoms with Crippen molar-refractivity contribution in [3.63, 3.8) is 0 Å². The van der Waals surface area contributed by atoms with Crippen molar-refractivity contribution >= 4 is 11.0 Å². The lowest BCUT2D eigenvalue weighted by molar-refractivity contribution is -0.352. The van der Waals surface area contributed by atoms with E-state index >= 15 is 0 Å². The molecule has 14 nitrogen and oxygen atoms in total. The van der Waals surface area contributed by atoms with Crippen LogP contribution in [0.25, 0.3) is 22.3 Å². The molecule has 3 aromatic rings. The monoisotopic (exact) mass is 646 g/mol. The Morgan fingerprint density at radius 2 is 1.43 bits per heavy atom. The van der Waals surface area contributed by atoms with Crippen LogP contribution in [0.15, 0.2) is 51.2 Å². The van der Waals surface area contributed by atoms with Gasteiger partial charge in [-0.1, -0.05) is 11.6 Å². The van der Waals surface area contributed by atoms with E-state index < -0.39 is 78.3 Å². The van der Waals surface area contributed by atoms with Crippen LogP contribution in [0.3, 0.4) is 0 Å². The minimum atomic E-state index is -1.78. The van der Waals surface area contributed by atoms with Crippen LogP contribution in [0.4, 0.5) is 0 Å². The molecule has 1 aromatic heterocycles. The number of aliphatic hydroxyl groups excluding tert-OH is 5. The Labute approximate surface area is 262 Å². The van der Waals surface area contributed by atoms with E-state index in [1.165, 1.54) is 38.1 Å². The molecule has 2 fully saturated rings. The van der Waals surface area contributed by atoms with Gasteiger partial charge in [0.1, 0.15) is 58.7 Å². The second-order valence-corrected chi connectivity index (χ2v) is 11.8. The zero-order valence-electron chi connectivity index (χ0n) is 25.5. The van der Waals surface area contributed by atoms with Crippen molar-refractivity contribution in [1.29, 1.82) is 0 Å². The number of aliphatic hydroxyl groups is 5. The maximum absolute atomic E-state index is 14.2. The molecule has 0 spiro atoms. The average molecular weight is 647 g/mol. The molecule has 250 valence electrons. The fraction of sp³-hybridized carbons (Fsp3) is 0.469. The zero-order chi connectivity index (χ0) is 33.6. The van der Waals surface area contributed by atoms with Gasteiger partial charge in [0.05, 0.1) is 12.2 Å². The number of phenols is 3. The molecule has 2 aliphatic rings. The van der Waals surface area contributed by atoms with Crippen molar-refractivity contribution in [2.75, 3.05) is 0 Å². The summed E-state index contributed by atoms with van der Waals surface area (Å²) in [6, 6.07) is 6.54. The third-order valence-corrected chi connectivity index (χ3v) is 8.15. The SMILES string of the molecule is CC(C)=CCc1c(O)cc(O)c2c(=O)c(O[C@@H]3O[C@@H](C)[C@H](O)[C@@H](O)[C@@H]3O[C@@H]3O[C@@H](C)[C@H](O)[C@H](O)[C@@H]3O)c(-c3ccc(O)cc3)oc12. The van der Waals surface area contributed by atoms with E-state index in [0.29, 0.717) is 0 Å². The molecule has 3 heterocycles. The van der Waals surface area contributed by atoms with Gasteiger partial charge in [-0.25, -0.2) is 0 Å². The van der Waals surface area contributed by atoms with Crippen molar-refractivity contribution in [1.82, 2.24) is 0 Å². The number of benzene rings is 2. The maximum atomic E-state index is 14.2. The highest BCUT2D eigenvalue weighted by molar-refractivity contribution is 5.91. The number of ether oxygens (including phenoxy) is 4. The van der Waals surface area contributed by atoms with Gasteiger partial charge in [-0.3, -0.25) is 4.79 Å². The fourth-order valence-corrected chi connectivity index (χ4v) is 5.42. The summed E-state index contributed by atoms with van der Waals surface area (Å²) in [6.07, 6.45) is -13.2. The summed E-state index contributed by atoms with van der Waals surface area (Å²) in [6.45, 7) is 6.55. The second-order valence-electron chi connectivity index (χ2n) is 11.8. The molecule has 8 N–H and O–H groups in total. The van der Waals surface area contributed by atoms with Crippen LogP contribution in [-0.4, -0.2) is 102 Å². The van der Waals surface area contributed by atoms with E-state index in [0.717, 1.165) is 11.6 Å². The molecule has 5 rings (SSSR count). The third-order valence-electron chi connectivity index (χ3n) is 8.15. The Morgan fingerprint density at radius 3 is 2.07 bits per heavy atom. The van der Waals surface area contributed by atoms with Crippen LogP contribution in [0.1, 0.15) is 33.3 Å². The fourth-order valence-electron chi connectivity index (χ4n) is 5.42. The van der Waals surface area contributed by atoms with Crippen molar-refractivity contribution in [3.05, 3.63) is 57.8 Å². The van der Waals surface area contributed by atoms with E-state index in [4.69, 9.17) is 23.4 Å². The van der Waals surface area contributed by atoms with E-state index in [-0.39, 0.29) is 45.8 Å². The highest BCUT2D eigenvalue weighted by Gasteiger charge is 2.50. The molecule has 0 radical (unpaired) electrons. The first-order valence-electron chi connectivity index (χ1n) is 14.7. The van der Waals surface area contributed by atoms with E-state index in [1.807, 2.05) is 13.8 Å². The number of fused-ring (bicyclic) bond motifs is 1. The Bertz CT molecular complexity index is 1650. The lowest BCUT2D eigenvalue weighted by Crippen LogP contribution is -2.63. The minimum absolute atomic E-state index is 0.0866. The van der Waals surface area contributed by atoms with Crippen LogP contribution in [0.5, 0.6) is 23.0 Å². The maximum Gasteiger partial charge on any atom is 0.239 e. The van der Waals surface area contributed by atoms with E-state index in [1.54, 1.807) is 6.08 Å². The van der Waals surface area contributed by atoms with Gasteiger partial charge in [-0.15, -0.1) is 0 Å². The first-order chi connectivity index (χ1) is 21.7. The Balaban J connectivity index is 1.65. The zero-order valence-corrected chi connectivity index (χ0v) is 25.5. The largest absolute Gasteiger partial charge is 0.508 e. The van der Waals surface area contributed by atoms with Crippen LogP contribution in [-0.2, 0) is 20.6 Å². The highest BCUT2D eigenvalue weighted by Crippen LogP contribution is 2.40. The summed E-state index contributed by atoms with van der Waals surface area (Å²) >= 11 is 0. The standard InChI is InChI=1S/C32H38O14/c1-12(2)5-10-17-18(34)11-19(35)20-23(38)29(27(44-28(17)20)15-6-8-16(33)9-7-15)45-32-30(25(40)22(37)14(4)43-32)46-31-26(41)24(39)21(36)13(3)42-31/h5-9,11,13-14,21-22,24-26,30-37,39-41H,10H2,1-4H3/t13-,14-,21-,22-,24-,25+,26-,30-,31-,32-/m0/s1. The quantitative estimate of drug-likeness (QED) is 0.168. The van der Waals surface area contributed by atoms with Crippen LogP contribution < -0.4 is 10.2 Å². The molecule has 2 aliphatic heterocycles. The molecule has 0 bridgehead atoms. The van der Waals surface area contributed by atoms with Gasteiger partial charge in [-0.05, 0) is 58.4 Å². The van der Waals surface area contributed by atoms with Gasteiger partial charge in [0.15, 0.2) is 18.2 Å². The molecular formula is C32H38O14. The topological polar surface area (TPSA) is 229 Å². The van der Waals surface area contributed by atoms with Crippen molar-refractivity contribution in [3.8, 4) is 34.3 Å². The summed E-state index contributed by atoms with van der Waals surface area (Å²) in [5, 5.41) is 83.6. The summed E-state index contributed by atoms with van der Waals surface area (Å²) in [7, 11) is 0. The summed E-state index contributed by atoms with van der Waals surface area (Å²) in [5.41, 5.74) is 0.342. The molecule has 46 heavy (non-hydrogen) atoms. The van der Waals surface area contributed by atoms with Gasteiger partial charge < -0.3 is 64.2 Å².